The highest BCUT2D eigenvalue weighted by Crippen LogP contribution is 2.32. The van der Waals surface area contributed by atoms with Crippen LogP contribution in [-0.4, -0.2) is 47.4 Å². The summed E-state index contributed by atoms with van der Waals surface area (Å²) in [6.45, 7) is 5.47. The minimum absolute atomic E-state index is 0.110. The Labute approximate surface area is 154 Å². The van der Waals surface area contributed by atoms with Gasteiger partial charge in [-0.3, -0.25) is 4.79 Å². The molecule has 1 saturated carbocycles. The number of carbonyl (C=O) groups excluding carboxylic acids is 1. The molecule has 0 atom stereocenters. The summed E-state index contributed by atoms with van der Waals surface area (Å²) in [5.41, 5.74) is 0.825. The van der Waals surface area contributed by atoms with E-state index in [1.807, 2.05) is 6.07 Å². The Hall–Kier alpha value is -1.03. The number of piperidine rings is 1. The Kier molecular flexibility index (Phi) is 5.85. The molecule has 0 N–H and O–H groups in total. The van der Waals surface area contributed by atoms with Crippen molar-refractivity contribution < 1.29 is 4.79 Å². The smallest absolute Gasteiger partial charge is 0.247 e. The van der Waals surface area contributed by atoms with Crippen LogP contribution in [0.15, 0.2) is 24.3 Å². The average Bonchev–Trinajstić information content (AvgIpc) is 3.40. The molecule has 1 aromatic carbocycles. The monoisotopic (exact) mass is 366 g/mol. The summed E-state index contributed by atoms with van der Waals surface area (Å²) >= 11 is 12.1. The SMILES string of the molecule is CCN1CCC(N(C(=O)/C=C/c2ccc(Cl)cc2Cl)C2CC2)CC1. The van der Waals surface area contributed by atoms with Crippen LogP contribution in [0, 0.1) is 0 Å². The predicted octanol–water partition coefficient (Wildman–Crippen LogP) is 4.48. The Balaban J connectivity index is 1.68. The van der Waals surface area contributed by atoms with Crippen LogP contribution in [0.5, 0.6) is 0 Å². The van der Waals surface area contributed by atoms with Crippen LogP contribution in [-0.2, 0) is 4.79 Å². The molecule has 0 bridgehead atoms. The van der Waals surface area contributed by atoms with E-state index in [1.165, 1.54) is 0 Å². The highest BCUT2D eigenvalue weighted by atomic mass is 35.5. The van der Waals surface area contributed by atoms with Gasteiger partial charge in [0, 0.05) is 41.3 Å². The third-order valence-corrected chi connectivity index (χ3v) is 5.52. The Morgan fingerprint density at radius 3 is 2.46 bits per heavy atom. The van der Waals surface area contributed by atoms with Gasteiger partial charge in [-0.2, -0.15) is 0 Å². The Morgan fingerprint density at radius 1 is 1.21 bits per heavy atom. The molecule has 0 unspecified atom stereocenters. The second-order valence-corrected chi connectivity index (χ2v) is 7.48. The van der Waals surface area contributed by atoms with Gasteiger partial charge in [-0.1, -0.05) is 36.2 Å². The van der Waals surface area contributed by atoms with Crippen molar-refractivity contribution in [2.75, 3.05) is 19.6 Å². The topological polar surface area (TPSA) is 23.6 Å². The first-order valence-corrected chi connectivity index (χ1v) is 9.52. The zero-order chi connectivity index (χ0) is 17.1. The molecule has 1 aliphatic carbocycles. The van der Waals surface area contributed by atoms with Gasteiger partial charge in [-0.05, 0) is 56.0 Å². The van der Waals surface area contributed by atoms with Crippen molar-refractivity contribution in [1.29, 1.82) is 0 Å². The quantitative estimate of drug-likeness (QED) is 0.717. The van der Waals surface area contributed by atoms with Gasteiger partial charge in [0.15, 0.2) is 0 Å². The fourth-order valence-corrected chi connectivity index (χ4v) is 3.88. The van der Waals surface area contributed by atoms with E-state index in [0.29, 0.717) is 22.1 Å². The van der Waals surface area contributed by atoms with Crippen LogP contribution in [0.4, 0.5) is 0 Å². The van der Waals surface area contributed by atoms with Gasteiger partial charge in [0.05, 0.1) is 0 Å². The summed E-state index contributed by atoms with van der Waals surface area (Å²) in [6, 6.07) is 6.14. The van der Waals surface area contributed by atoms with Crippen molar-refractivity contribution >= 4 is 35.2 Å². The summed E-state index contributed by atoms with van der Waals surface area (Å²) in [7, 11) is 0. The standard InChI is InChI=1S/C19H24Cl2N2O/c1-2-22-11-9-17(10-12-22)23(16-6-7-16)19(24)8-4-14-3-5-15(20)13-18(14)21/h3-5,8,13,16-17H,2,6-7,9-12H2,1H3/b8-4+. The molecule has 2 aliphatic rings. The van der Waals surface area contributed by atoms with Crippen molar-refractivity contribution in [1.82, 2.24) is 9.80 Å². The maximum atomic E-state index is 12.8. The molecule has 24 heavy (non-hydrogen) atoms. The lowest BCUT2D eigenvalue weighted by atomic mass is 10.0. The summed E-state index contributed by atoms with van der Waals surface area (Å²) in [5.74, 6) is 0.110. The summed E-state index contributed by atoms with van der Waals surface area (Å²) in [5, 5.41) is 1.17. The lowest BCUT2D eigenvalue weighted by molar-refractivity contribution is -0.129. The second-order valence-electron chi connectivity index (χ2n) is 6.64. The van der Waals surface area contributed by atoms with E-state index >= 15 is 0 Å². The first-order chi connectivity index (χ1) is 11.6. The summed E-state index contributed by atoms with van der Waals surface area (Å²) in [6.07, 6.45) is 7.89. The summed E-state index contributed by atoms with van der Waals surface area (Å²) < 4.78 is 0. The van der Waals surface area contributed by atoms with Gasteiger partial charge in [0.1, 0.15) is 0 Å². The van der Waals surface area contributed by atoms with Crippen molar-refractivity contribution in [3.63, 3.8) is 0 Å². The lowest BCUT2D eigenvalue weighted by Crippen LogP contribution is -2.47. The third-order valence-electron chi connectivity index (χ3n) is 4.96. The number of halogens is 2. The molecule has 0 aromatic heterocycles. The van der Waals surface area contributed by atoms with Gasteiger partial charge in [-0.15, -0.1) is 0 Å². The molecule has 0 spiro atoms. The maximum Gasteiger partial charge on any atom is 0.247 e. The fourth-order valence-electron chi connectivity index (χ4n) is 3.41. The van der Waals surface area contributed by atoms with Crippen molar-refractivity contribution in [3.8, 4) is 0 Å². The molecule has 1 amide bonds. The van der Waals surface area contributed by atoms with E-state index < -0.39 is 0 Å². The third kappa shape index (κ3) is 4.33. The van der Waals surface area contributed by atoms with Gasteiger partial charge in [0.25, 0.3) is 0 Å². The van der Waals surface area contributed by atoms with Crippen LogP contribution in [0.2, 0.25) is 10.0 Å². The van der Waals surface area contributed by atoms with E-state index in [-0.39, 0.29) is 5.91 Å². The van der Waals surface area contributed by atoms with Crippen LogP contribution in [0.3, 0.4) is 0 Å². The number of carbonyl (C=O) groups is 1. The zero-order valence-electron chi connectivity index (χ0n) is 14.0. The minimum atomic E-state index is 0.110. The van der Waals surface area contributed by atoms with Crippen LogP contribution in [0.1, 0.15) is 38.2 Å². The Morgan fingerprint density at radius 2 is 1.88 bits per heavy atom. The van der Waals surface area contributed by atoms with Crippen LogP contribution >= 0.6 is 23.2 Å². The Bertz CT molecular complexity index is 620. The fraction of sp³-hybridized carbons (Fsp3) is 0.526. The zero-order valence-corrected chi connectivity index (χ0v) is 15.6. The molecule has 3 rings (SSSR count). The number of nitrogens with zero attached hydrogens (tertiary/aromatic N) is 2. The second kappa shape index (κ2) is 7.90. The molecule has 1 saturated heterocycles. The average molecular weight is 367 g/mol. The van der Waals surface area contributed by atoms with Crippen molar-refractivity contribution in [2.45, 2.75) is 44.7 Å². The van der Waals surface area contributed by atoms with Crippen LogP contribution < -0.4 is 0 Å². The van der Waals surface area contributed by atoms with E-state index in [2.05, 4.69) is 16.7 Å². The van der Waals surface area contributed by atoms with Crippen LogP contribution in [0.25, 0.3) is 6.08 Å². The molecule has 5 heteroatoms. The van der Waals surface area contributed by atoms with Gasteiger partial charge >= 0.3 is 0 Å². The molecule has 3 nitrogen and oxygen atoms in total. The van der Waals surface area contributed by atoms with E-state index in [1.54, 1.807) is 24.3 Å². The van der Waals surface area contributed by atoms with Crippen molar-refractivity contribution in [3.05, 3.63) is 39.9 Å². The molecule has 2 fully saturated rings. The van der Waals surface area contributed by atoms with Gasteiger partial charge < -0.3 is 9.80 Å². The molecule has 130 valence electrons. The first-order valence-electron chi connectivity index (χ1n) is 8.76. The maximum absolute atomic E-state index is 12.8. The van der Waals surface area contributed by atoms with Gasteiger partial charge in [-0.25, -0.2) is 0 Å². The first kappa shape index (κ1) is 17.8. The number of hydrogen-bond donors (Lipinski definition) is 0. The summed E-state index contributed by atoms with van der Waals surface area (Å²) in [4.78, 5) is 17.4. The normalized spacial score (nSPS) is 19.8. The molecular formula is C19H24Cl2N2O. The number of amides is 1. The minimum Gasteiger partial charge on any atom is -0.333 e. The highest BCUT2D eigenvalue weighted by molar-refractivity contribution is 6.35. The number of benzene rings is 1. The van der Waals surface area contributed by atoms with Gasteiger partial charge in [0.2, 0.25) is 5.91 Å². The molecular weight excluding hydrogens is 343 g/mol. The molecule has 1 heterocycles. The van der Waals surface area contributed by atoms with E-state index in [0.717, 1.165) is 50.9 Å². The highest BCUT2D eigenvalue weighted by Gasteiger charge is 2.37. The van der Waals surface area contributed by atoms with E-state index in [4.69, 9.17) is 23.2 Å². The molecule has 1 aliphatic heterocycles. The van der Waals surface area contributed by atoms with E-state index in [9.17, 15) is 4.79 Å². The predicted molar refractivity (Wildman–Crippen MR) is 101 cm³/mol. The molecule has 0 radical (unpaired) electrons. The number of likely N-dealkylation sites (tertiary alicyclic amines) is 1. The van der Waals surface area contributed by atoms with Crippen molar-refractivity contribution in [2.24, 2.45) is 0 Å². The largest absolute Gasteiger partial charge is 0.333 e. The molecule has 1 aromatic rings. The number of hydrogen-bond acceptors (Lipinski definition) is 2. The lowest BCUT2D eigenvalue weighted by Gasteiger charge is -2.38. The number of rotatable bonds is 5.